The standard InChI is InChI=1S/C20H8N2O4/c21-9-11-12(10-22)18-20(26-16-8-4-2-6-14(16)24-18)19-17(11)23-13-5-1-3-7-15(13)25-19/h1-8H. The van der Waals surface area contributed by atoms with Crippen LogP contribution in [0.15, 0.2) is 66.2 Å². The molecule has 5 aromatic rings. The van der Waals surface area contributed by atoms with E-state index in [1.54, 1.807) is 48.5 Å². The maximum Gasteiger partial charge on any atom is 0.217 e. The number of benzene rings is 3. The molecule has 0 spiro atoms. The summed E-state index contributed by atoms with van der Waals surface area (Å²) in [6, 6.07) is 18.2. The first-order chi connectivity index (χ1) is 12.8. The molecule has 0 fully saturated rings. The van der Waals surface area contributed by atoms with Gasteiger partial charge in [0, 0.05) is 0 Å². The molecule has 0 amide bonds. The van der Waals surface area contributed by atoms with Crippen LogP contribution < -0.4 is 0 Å². The van der Waals surface area contributed by atoms with E-state index in [0.29, 0.717) is 22.3 Å². The van der Waals surface area contributed by atoms with Gasteiger partial charge in [0.1, 0.15) is 23.3 Å². The number of para-hydroxylation sites is 4. The van der Waals surface area contributed by atoms with E-state index in [1.807, 2.05) is 12.1 Å². The topological polar surface area (TPSA) is 100 Å². The van der Waals surface area contributed by atoms with E-state index in [-0.39, 0.29) is 33.5 Å². The predicted molar refractivity (Wildman–Crippen MR) is 92.6 cm³/mol. The molecule has 6 nitrogen and oxygen atoms in total. The first kappa shape index (κ1) is 14.2. The van der Waals surface area contributed by atoms with Crippen molar-refractivity contribution in [1.29, 1.82) is 10.5 Å². The molecule has 0 aliphatic carbocycles. The van der Waals surface area contributed by atoms with Crippen molar-refractivity contribution in [3.63, 3.8) is 0 Å². The number of hydrogen-bond acceptors (Lipinski definition) is 6. The Bertz CT molecular complexity index is 1350. The van der Waals surface area contributed by atoms with Gasteiger partial charge >= 0.3 is 0 Å². The van der Waals surface area contributed by atoms with E-state index in [4.69, 9.17) is 17.7 Å². The highest BCUT2D eigenvalue weighted by Gasteiger charge is 2.23. The monoisotopic (exact) mass is 340 g/mol. The van der Waals surface area contributed by atoms with Gasteiger partial charge in [-0.2, -0.15) is 10.5 Å². The molecule has 5 rings (SSSR count). The van der Waals surface area contributed by atoms with Gasteiger partial charge in [-0.1, -0.05) is 24.3 Å². The van der Waals surface area contributed by atoms with Crippen LogP contribution in [0.3, 0.4) is 0 Å². The fourth-order valence-corrected chi connectivity index (χ4v) is 2.93. The molecular weight excluding hydrogens is 332 g/mol. The molecule has 0 saturated heterocycles. The fourth-order valence-electron chi connectivity index (χ4n) is 2.93. The smallest absolute Gasteiger partial charge is 0.217 e. The highest BCUT2D eigenvalue weighted by Crippen LogP contribution is 2.36. The molecule has 0 unspecified atom stereocenters. The molecule has 0 radical (unpaired) electrons. The lowest BCUT2D eigenvalue weighted by atomic mass is 10.1. The second-order valence-corrected chi connectivity index (χ2v) is 5.59. The summed E-state index contributed by atoms with van der Waals surface area (Å²) in [5, 5.41) is 19.2. The second kappa shape index (κ2) is 5.17. The number of nitriles is 2. The van der Waals surface area contributed by atoms with Crippen LogP contribution in [0.4, 0.5) is 0 Å². The summed E-state index contributed by atoms with van der Waals surface area (Å²) in [6.45, 7) is 0. The van der Waals surface area contributed by atoms with Crippen LogP contribution in [0.1, 0.15) is 11.1 Å². The van der Waals surface area contributed by atoms with Crippen molar-refractivity contribution in [2.45, 2.75) is 0 Å². The highest BCUT2D eigenvalue weighted by molar-refractivity contribution is 6.04. The van der Waals surface area contributed by atoms with Crippen LogP contribution in [-0.2, 0) is 0 Å². The van der Waals surface area contributed by atoms with Crippen molar-refractivity contribution in [1.82, 2.24) is 0 Å². The van der Waals surface area contributed by atoms with Gasteiger partial charge in [0.25, 0.3) is 0 Å². The number of nitrogens with zero attached hydrogens (tertiary/aromatic N) is 2. The molecule has 26 heavy (non-hydrogen) atoms. The molecule has 0 bridgehead atoms. The summed E-state index contributed by atoms with van der Waals surface area (Å²) in [6.07, 6.45) is 0. The van der Waals surface area contributed by atoms with Crippen molar-refractivity contribution < 1.29 is 17.7 Å². The Morgan fingerprint density at radius 3 is 1.12 bits per heavy atom. The van der Waals surface area contributed by atoms with E-state index in [9.17, 15) is 10.5 Å². The van der Waals surface area contributed by atoms with Gasteiger partial charge in [0.05, 0.1) is 0 Å². The van der Waals surface area contributed by atoms with Crippen LogP contribution in [0.25, 0.3) is 44.7 Å². The van der Waals surface area contributed by atoms with Crippen molar-refractivity contribution in [2.75, 3.05) is 0 Å². The first-order valence-electron chi connectivity index (χ1n) is 7.73. The minimum atomic E-state index is 0.0405. The van der Waals surface area contributed by atoms with Crippen LogP contribution in [0, 0.1) is 22.7 Å². The lowest BCUT2D eigenvalue weighted by Gasteiger charge is -2.08. The summed E-state index contributed by atoms with van der Waals surface area (Å²) in [7, 11) is 0. The van der Waals surface area contributed by atoms with Gasteiger partial charge in [-0.3, -0.25) is 0 Å². The Morgan fingerprint density at radius 1 is 0.500 bits per heavy atom. The Labute approximate surface area is 145 Å². The lowest BCUT2D eigenvalue weighted by Crippen LogP contribution is -1.92. The Hall–Kier alpha value is -4.16. The number of rotatable bonds is 0. The molecule has 2 heterocycles. The fraction of sp³-hybridized carbons (Fsp3) is 0. The molecular formula is C20H8N2O4. The van der Waals surface area contributed by atoms with Gasteiger partial charge in [0.15, 0.2) is 33.5 Å². The van der Waals surface area contributed by atoms with Gasteiger partial charge < -0.3 is 17.7 Å². The van der Waals surface area contributed by atoms with Crippen molar-refractivity contribution in [2.24, 2.45) is 0 Å². The lowest BCUT2D eigenvalue weighted by molar-refractivity contribution is 0.552. The quantitative estimate of drug-likeness (QED) is 0.271. The molecule has 0 saturated carbocycles. The Kier molecular flexibility index (Phi) is 2.82. The first-order valence-corrected chi connectivity index (χ1v) is 7.73. The van der Waals surface area contributed by atoms with Gasteiger partial charge in [0.2, 0.25) is 11.2 Å². The van der Waals surface area contributed by atoms with Crippen LogP contribution in [-0.4, -0.2) is 0 Å². The molecule has 2 aromatic heterocycles. The zero-order chi connectivity index (χ0) is 17.7. The third-order valence-electron chi connectivity index (χ3n) is 4.09. The van der Waals surface area contributed by atoms with Crippen LogP contribution in [0.2, 0.25) is 0 Å². The zero-order valence-corrected chi connectivity index (χ0v) is 13.1. The molecule has 3 aromatic carbocycles. The normalized spacial score (nSPS) is 11.0. The van der Waals surface area contributed by atoms with Gasteiger partial charge in [-0.05, 0) is 24.3 Å². The summed E-state index contributed by atoms with van der Waals surface area (Å²) in [5.74, 6) is 0. The molecule has 0 N–H and O–H groups in total. The van der Waals surface area contributed by atoms with Crippen molar-refractivity contribution in [3.8, 4) is 12.1 Å². The maximum atomic E-state index is 9.62. The SMILES string of the molecule is N#Cc1c(C#N)c2oc3ccccc3oc2c2oc3ccccc3oc12. The zero-order valence-electron chi connectivity index (χ0n) is 13.1. The van der Waals surface area contributed by atoms with Crippen molar-refractivity contribution >= 4 is 44.7 Å². The minimum Gasteiger partial charge on any atom is -0.448 e. The van der Waals surface area contributed by atoms with E-state index >= 15 is 0 Å². The molecule has 122 valence electrons. The molecule has 6 heteroatoms. The largest absolute Gasteiger partial charge is 0.448 e. The number of fused-ring (bicyclic) bond motifs is 5. The summed E-state index contributed by atoms with van der Waals surface area (Å²) < 4.78 is 23.6. The molecule has 0 aliphatic heterocycles. The van der Waals surface area contributed by atoms with E-state index in [2.05, 4.69) is 0 Å². The third-order valence-corrected chi connectivity index (χ3v) is 4.09. The maximum absolute atomic E-state index is 9.62. The van der Waals surface area contributed by atoms with Crippen LogP contribution in [0.5, 0.6) is 0 Å². The van der Waals surface area contributed by atoms with Crippen LogP contribution >= 0.6 is 0 Å². The van der Waals surface area contributed by atoms with Gasteiger partial charge in [-0.25, -0.2) is 0 Å². The second-order valence-electron chi connectivity index (χ2n) is 5.59. The van der Waals surface area contributed by atoms with E-state index in [1.165, 1.54) is 0 Å². The summed E-state index contributed by atoms with van der Waals surface area (Å²) in [4.78, 5) is 0. The summed E-state index contributed by atoms with van der Waals surface area (Å²) in [5.41, 5.74) is 2.67. The average molecular weight is 340 g/mol. The number of hydrogen-bond donors (Lipinski definition) is 0. The Balaban J connectivity index is 2.13. The minimum absolute atomic E-state index is 0.0405. The molecule has 0 aliphatic rings. The van der Waals surface area contributed by atoms with E-state index < -0.39 is 0 Å². The predicted octanol–water partition coefficient (Wildman–Crippen LogP) is 5.54. The highest BCUT2D eigenvalue weighted by atomic mass is 16.4. The van der Waals surface area contributed by atoms with E-state index in [0.717, 1.165) is 0 Å². The Morgan fingerprint density at radius 2 is 0.808 bits per heavy atom. The average Bonchev–Trinajstić information content (AvgIpc) is 2.70. The summed E-state index contributed by atoms with van der Waals surface area (Å²) >= 11 is 0. The van der Waals surface area contributed by atoms with Crippen molar-refractivity contribution in [3.05, 3.63) is 59.7 Å². The molecule has 0 atom stereocenters. The van der Waals surface area contributed by atoms with Gasteiger partial charge in [-0.15, -0.1) is 0 Å². The third kappa shape index (κ3) is 1.84.